The molecule has 1 rings (SSSR count). The quantitative estimate of drug-likeness (QED) is 0.655. The number of likely N-dealkylation sites (N-methyl/N-ethyl adjacent to an activating group) is 2. The molecule has 1 aliphatic heterocycles. The fraction of sp³-hybridized carbons (Fsp3) is 0.909. The van der Waals surface area contributed by atoms with E-state index in [4.69, 9.17) is 5.11 Å². The van der Waals surface area contributed by atoms with Crippen LogP contribution in [-0.4, -0.2) is 61.2 Å². The topological polar surface area (TPSA) is 43.8 Å². The lowest BCUT2D eigenvalue weighted by molar-refractivity contribution is -0.145. The standard InChI is InChI=1S/C6H14N2.C5H10O2/c1-7-3-5-8(2)6-4-7;1-5(2,3)4(6)7/h3-6H2,1-2H3;1-3H3,(H,6,7). The number of carbonyl (C=O) groups is 1. The molecule has 0 spiro atoms. The summed E-state index contributed by atoms with van der Waals surface area (Å²) in [4.78, 5) is 14.7. The Hall–Kier alpha value is -0.610. The molecule has 1 heterocycles. The first-order chi connectivity index (χ1) is 6.73. The molecule has 1 N–H and O–H groups in total. The van der Waals surface area contributed by atoms with Crippen LogP contribution in [0.3, 0.4) is 0 Å². The summed E-state index contributed by atoms with van der Waals surface area (Å²) in [6.07, 6.45) is 0. The van der Waals surface area contributed by atoms with E-state index in [0.717, 1.165) is 0 Å². The van der Waals surface area contributed by atoms with Crippen LogP contribution >= 0.6 is 0 Å². The highest BCUT2D eigenvalue weighted by Crippen LogP contribution is 2.11. The molecule has 0 aliphatic carbocycles. The molecule has 0 aromatic carbocycles. The normalized spacial score (nSPS) is 19.3. The van der Waals surface area contributed by atoms with Gasteiger partial charge in [0.15, 0.2) is 0 Å². The number of rotatable bonds is 0. The van der Waals surface area contributed by atoms with Gasteiger partial charge in [0.1, 0.15) is 0 Å². The average molecular weight is 216 g/mol. The predicted molar refractivity (Wildman–Crippen MR) is 62.1 cm³/mol. The van der Waals surface area contributed by atoms with E-state index in [0.29, 0.717) is 0 Å². The minimum atomic E-state index is -0.757. The van der Waals surface area contributed by atoms with E-state index in [1.54, 1.807) is 20.8 Å². The van der Waals surface area contributed by atoms with Crippen LogP contribution < -0.4 is 0 Å². The van der Waals surface area contributed by atoms with Gasteiger partial charge in [-0.2, -0.15) is 0 Å². The number of carboxylic acid groups (broad SMARTS) is 1. The van der Waals surface area contributed by atoms with Gasteiger partial charge < -0.3 is 14.9 Å². The van der Waals surface area contributed by atoms with Crippen molar-refractivity contribution in [1.29, 1.82) is 0 Å². The Morgan fingerprint density at radius 2 is 1.20 bits per heavy atom. The van der Waals surface area contributed by atoms with Crippen molar-refractivity contribution in [3.05, 3.63) is 0 Å². The van der Waals surface area contributed by atoms with Gasteiger partial charge in [0, 0.05) is 26.2 Å². The molecule has 0 unspecified atom stereocenters. The number of aliphatic carboxylic acids is 1. The summed E-state index contributed by atoms with van der Waals surface area (Å²) < 4.78 is 0. The Labute approximate surface area is 92.9 Å². The lowest BCUT2D eigenvalue weighted by atomic mass is 9.98. The zero-order chi connectivity index (χ0) is 12.1. The van der Waals surface area contributed by atoms with E-state index in [1.165, 1.54) is 26.2 Å². The van der Waals surface area contributed by atoms with Gasteiger partial charge in [0.25, 0.3) is 0 Å². The third-order valence-corrected chi connectivity index (χ3v) is 2.37. The van der Waals surface area contributed by atoms with Gasteiger partial charge in [0.05, 0.1) is 5.41 Å². The maximum absolute atomic E-state index is 10.0. The molecule has 0 amide bonds. The van der Waals surface area contributed by atoms with Gasteiger partial charge in [-0.1, -0.05) is 0 Å². The number of hydrogen-bond acceptors (Lipinski definition) is 3. The fourth-order valence-corrected chi connectivity index (χ4v) is 0.906. The van der Waals surface area contributed by atoms with Gasteiger partial charge in [-0.05, 0) is 34.9 Å². The SMILES string of the molecule is CC(C)(C)C(=O)O.CN1CCN(C)CC1. The molecule has 90 valence electrons. The van der Waals surface area contributed by atoms with Crippen molar-refractivity contribution >= 4 is 5.97 Å². The van der Waals surface area contributed by atoms with Gasteiger partial charge in [-0.3, -0.25) is 4.79 Å². The summed E-state index contributed by atoms with van der Waals surface area (Å²) in [5.74, 6) is -0.757. The van der Waals surface area contributed by atoms with Crippen LogP contribution in [0.1, 0.15) is 20.8 Å². The molecule has 15 heavy (non-hydrogen) atoms. The van der Waals surface area contributed by atoms with Gasteiger partial charge in [-0.25, -0.2) is 0 Å². The fourth-order valence-electron chi connectivity index (χ4n) is 0.906. The predicted octanol–water partition coefficient (Wildman–Crippen LogP) is 0.981. The highest BCUT2D eigenvalue weighted by Gasteiger charge is 2.18. The van der Waals surface area contributed by atoms with E-state index >= 15 is 0 Å². The van der Waals surface area contributed by atoms with Crippen LogP contribution in [0, 0.1) is 5.41 Å². The third-order valence-electron chi connectivity index (χ3n) is 2.37. The minimum absolute atomic E-state index is 0.583. The molecular formula is C11H24N2O2. The largest absolute Gasteiger partial charge is 0.481 e. The summed E-state index contributed by atoms with van der Waals surface area (Å²) in [5, 5.41) is 8.25. The van der Waals surface area contributed by atoms with Crippen LogP contribution in [0.25, 0.3) is 0 Å². The lowest BCUT2D eigenvalue weighted by Gasteiger charge is -2.28. The van der Waals surface area contributed by atoms with Crippen molar-refractivity contribution in [2.75, 3.05) is 40.3 Å². The van der Waals surface area contributed by atoms with Crippen molar-refractivity contribution < 1.29 is 9.90 Å². The maximum atomic E-state index is 10.0. The Kier molecular flexibility index (Phi) is 5.83. The Bertz CT molecular complexity index is 181. The molecule has 4 nitrogen and oxygen atoms in total. The molecule has 1 saturated heterocycles. The van der Waals surface area contributed by atoms with Crippen molar-refractivity contribution in [2.24, 2.45) is 5.41 Å². The highest BCUT2D eigenvalue weighted by molar-refractivity contribution is 5.72. The Morgan fingerprint density at radius 3 is 1.33 bits per heavy atom. The zero-order valence-corrected chi connectivity index (χ0v) is 10.6. The zero-order valence-electron chi connectivity index (χ0n) is 10.6. The number of piperazine rings is 1. The van der Waals surface area contributed by atoms with Crippen molar-refractivity contribution in [1.82, 2.24) is 9.80 Å². The first-order valence-electron chi connectivity index (χ1n) is 5.34. The van der Waals surface area contributed by atoms with Crippen LogP contribution in [-0.2, 0) is 4.79 Å². The highest BCUT2D eigenvalue weighted by atomic mass is 16.4. The van der Waals surface area contributed by atoms with Crippen molar-refractivity contribution in [3.63, 3.8) is 0 Å². The Morgan fingerprint density at radius 1 is 1.00 bits per heavy atom. The third kappa shape index (κ3) is 7.33. The Balaban J connectivity index is 0.000000265. The molecule has 1 fully saturated rings. The summed E-state index contributed by atoms with van der Waals surface area (Å²) in [6, 6.07) is 0. The minimum Gasteiger partial charge on any atom is -0.481 e. The van der Waals surface area contributed by atoms with Crippen LogP contribution in [0.2, 0.25) is 0 Å². The first kappa shape index (κ1) is 14.4. The first-order valence-corrected chi connectivity index (χ1v) is 5.34. The van der Waals surface area contributed by atoms with Crippen LogP contribution in [0.15, 0.2) is 0 Å². The second kappa shape index (κ2) is 6.08. The summed E-state index contributed by atoms with van der Waals surface area (Å²) in [7, 11) is 4.35. The van der Waals surface area contributed by atoms with E-state index < -0.39 is 11.4 Å². The molecule has 0 saturated carbocycles. The van der Waals surface area contributed by atoms with E-state index in [1.807, 2.05) is 0 Å². The summed E-state index contributed by atoms with van der Waals surface area (Å²) in [6.45, 7) is 9.92. The molecule has 1 aliphatic rings. The van der Waals surface area contributed by atoms with Gasteiger partial charge in [-0.15, -0.1) is 0 Å². The molecule has 0 radical (unpaired) electrons. The van der Waals surface area contributed by atoms with E-state index in [-0.39, 0.29) is 0 Å². The van der Waals surface area contributed by atoms with Crippen molar-refractivity contribution in [3.8, 4) is 0 Å². The van der Waals surface area contributed by atoms with Crippen LogP contribution in [0.5, 0.6) is 0 Å². The molecule has 0 bridgehead atoms. The van der Waals surface area contributed by atoms with Crippen LogP contribution in [0.4, 0.5) is 0 Å². The molecule has 0 atom stereocenters. The maximum Gasteiger partial charge on any atom is 0.308 e. The number of carboxylic acids is 1. The number of nitrogens with zero attached hydrogens (tertiary/aromatic N) is 2. The van der Waals surface area contributed by atoms with Crippen molar-refractivity contribution in [2.45, 2.75) is 20.8 Å². The monoisotopic (exact) mass is 216 g/mol. The van der Waals surface area contributed by atoms with E-state index in [2.05, 4.69) is 23.9 Å². The smallest absolute Gasteiger partial charge is 0.308 e. The summed E-state index contributed by atoms with van der Waals surface area (Å²) >= 11 is 0. The second-order valence-electron chi connectivity index (χ2n) is 5.16. The van der Waals surface area contributed by atoms with Gasteiger partial charge >= 0.3 is 5.97 Å². The summed E-state index contributed by atoms with van der Waals surface area (Å²) in [5.41, 5.74) is -0.583. The molecule has 4 heteroatoms. The lowest BCUT2D eigenvalue weighted by Crippen LogP contribution is -2.42. The van der Waals surface area contributed by atoms with E-state index in [9.17, 15) is 4.79 Å². The molecular weight excluding hydrogens is 192 g/mol. The molecule has 0 aromatic rings. The second-order valence-corrected chi connectivity index (χ2v) is 5.16. The average Bonchev–Trinajstić information content (AvgIpc) is 2.09. The number of hydrogen-bond donors (Lipinski definition) is 1. The van der Waals surface area contributed by atoms with Gasteiger partial charge in [0.2, 0.25) is 0 Å². The molecule has 0 aromatic heterocycles.